The van der Waals surface area contributed by atoms with Crippen LogP contribution in [0.1, 0.15) is 45.4 Å². The van der Waals surface area contributed by atoms with Crippen molar-refractivity contribution < 1.29 is 9.90 Å². The van der Waals surface area contributed by atoms with E-state index in [1.165, 1.54) is 0 Å². The summed E-state index contributed by atoms with van der Waals surface area (Å²) in [7, 11) is 0. The first-order valence-corrected chi connectivity index (χ1v) is 6.76. The van der Waals surface area contributed by atoms with Crippen molar-refractivity contribution in [3.63, 3.8) is 0 Å². The summed E-state index contributed by atoms with van der Waals surface area (Å²) < 4.78 is 0. The van der Waals surface area contributed by atoms with Crippen molar-refractivity contribution >= 4 is 5.91 Å². The van der Waals surface area contributed by atoms with E-state index >= 15 is 0 Å². The van der Waals surface area contributed by atoms with Crippen molar-refractivity contribution in [2.45, 2.75) is 57.1 Å². The summed E-state index contributed by atoms with van der Waals surface area (Å²) in [6.45, 7) is 3.06. The molecule has 1 saturated carbocycles. The number of carbonyl (C=O) groups excluding carboxylic acids is 1. The van der Waals surface area contributed by atoms with Gasteiger partial charge in [0.05, 0.1) is 11.5 Å². The maximum Gasteiger partial charge on any atom is 0.227 e. The molecule has 0 spiro atoms. The summed E-state index contributed by atoms with van der Waals surface area (Å²) in [5.74, 6) is 0.148. The zero-order valence-electron chi connectivity index (χ0n) is 10.7. The Hall–Kier alpha value is -0.610. The lowest BCUT2D eigenvalue weighted by Crippen LogP contribution is -2.53. The molecule has 2 aliphatic rings. The van der Waals surface area contributed by atoms with Crippen LogP contribution in [0.5, 0.6) is 0 Å². The maximum atomic E-state index is 12.4. The van der Waals surface area contributed by atoms with Gasteiger partial charge in [0, 0.05) is 19.1 Å². The van der Waals surface area contributed by atoms with Crippen molar-refractivity contribution in [3.8, 4) is 0 Å². The molecule has 98 valence electrons. The number of hydrogen-bond acceptors (Lipinski definition) is 3. The molecule has 0 aromatic rings. The second-order valence-corrected chi connectivity index (χ2v) is 5.92. The molecule has 2 rings (SSSR count). The number of rotatable bonds is 1. The highest BCUT2D eigenvalue weighted by molar-refractivity contribution is 5.79. The summed E-state index contributed by atoms with van der Waals surface area (Å²) in [6.07, 6.45) is 5.80. The van der Waals surface area contributed by atoms with E-state index in [4.69, 9.17) is 5.73 Å². The Labute approximate surface area is 103 Å². The van der Waals surface area contributed by atoms with Gasteiger partial charge in [-0.1, -0.05) is 12.8 Å². The van der Waals surface area contributed by atoms with Gasteiger partial charge in [0.1, 0.15) is 0 Å². The Morgan fingerprint density at radius 2 is 2.06 bits per heavy atom. The number of hydrogen-bond donors (Lipinski definition) is 2. The van der Waals surface area contributed by atoms with E-state index in [0.717, 1.165) is 45.1 Å². The Bertz CT molecular complexity index is 291. The van der Waals surface area contributed by atoms with E-state index in [1.807, 2.05) is 11.8 Å². The predicted molar refractivity (Wildman–Crippen MR) is 66.4 cm³/mol. The van der Waals surface area contributed by atoms with Crippen LogP contribution in [0, 0.1) is 5.92 Å². The van der Waals surface area contributed by atoms with Crippen molar-refractivity contribution in [2.75, 3.05) is 13.1 Å². The molecule has 1 aliphatic heterocycles. The molecule has 4 heteroatoms. The number of likely N-dealkylation sites (tertiary alicyclic amines) is 1. The number of nitrogens with zero attached hydrogens (tertiary/aromatic N) is 1. The third kappa shape index (κ3) is 2.99. The number of piperidine rings is 1. The molecule has 3 N–H and O–H groups in total. The third-order valence-electron chi connectivity index (χ3n) is 4.12. The standard InChI is InChI=1S/C13H24N2O2/c1-13(17)7-4-8-15(9-13)12(16)10-5-2-3-6-11(10)14/h10-11,17H,2-9,14H2,1H3. The summed E-state index contributed by atoms with van der Waals surface area (Å²) in [4.78, 5) is 14.2. The van der Waals surface area contributed by atoms with Gasteiger partial charge in [0.25, 0.3) is 0 Å². The van der Waals surface area contributed by atoms with E-state index in [-0.39, 0.29) is 17.9 Å². The predicted octanol–water partition coefficient (Wildman–Crippen LogP) is 0.877. The monoisotopic (exact) mass is 240 g/mol. The molecule has 1 saturated heterocycles. The van der Waals surface area contributed by atoms with Gasteiger partial charge in [0.2, 0.25) is 5.91 Å². The lowest BCUT2D eigenvalue weighted by molar-refractivity contribution is -0.143. The molecule has 1 heterocycles. The fraction of sp³-hybridized carbons (Fsp3) is 0.923. The van der Waals surface area contributed by atoms with Crippen molar-refractivity contribution in [1.29, 1.82) is 0 Å². The van der Waals surface area contributed by atoms with Gasteiger partial charge < -0.3 is 15.7 Å². The van der Waals surface area contributed by atoms with E-state index in [9.17, 15) is 9.90 Å². The molecular weight excluding hydrogens is 216 g/mol. The number of nitrogens with two attached hydrogens (primary N) is 1. The molecule has 1 aliphatic carbocycles. The highest BCUT2D eigenvalue weighted by atomic mass is 16.3. The Kier molecular flexibility index (Phi) is 3.73. The summed E-state index contributed by atoms with van der Waals surface area (Å²) in [6, 6.07) is 0.0168. The van der Waals surface area contributed by atoms with Crippen LogP contribution in [0.15, 0.2) is 0 Å². The molecule has 4 nitrogen and oxygen atoms in total. The number of amides is 1. The molecule has 17 heavy (non-hydrogen) atoms. The van der Waals surface area contributed by atoms with Crippen LogP contribution in [-0.4, -0.2) is 40.6 Å². The van der Waals surface area contributed by atoms with Gasteiger partial charge in [-0.15, -0.1) is 0 Å². The Balaban J connectivity index is 1.99. The zero-order chi connectivity index (χ0) is 12.5. The average molecular weight is 240 g/mol. The minimum Gasteiger partial charge on any atom is -0.388 e. The van der Waals surface area contributed by atoms with E-state index < -0.39 is 5.60 Å². The molecule has 0 aromatic carbocycles. The summed E-state index contributed by atoms with van der Waals surface area (Å²) >= 11 is 0. The fourth-order valence-electron chi connectivity index (χ4n) is 3.11. The average Bonchev–Trinajstić information content (AvgIpc) is 2.27. The Morgan fingerprint density at radius 1 is 1.35 bits per heavy atom. The third-order valence-corrected chi connectivity index (χ3v) is 4.12. The number of carbonyl (C=O) groups is 1. The first kappa shape index (κ1) is 12.8. The van der Waals surface area contributed by atoms with Crippen LogP contribution >= 0.6 is 0 Å². The van der Waals surface area contributed by atoms with Gasteiger partial charge in [-0.25, -0.2) is 0 Å². The molecule has 0 radical (unpaired) electrons. The van der Waals surface area contributed by atoms with E-state index in [2.05, 4.69) is 0 Å². The smallest absolute Gasteiger partial charge is 0.227 e. The highest BCUT2D eigenvalue weighted by Crippen LogP contribution is 2.28. The normalized spacial score (nSPS) is 39.1. The van der Waals surface area contributed by atoms with Gasteiger partial charge in [-0.3, -0.25) is 4.79 Å². The molecule has 3 unspecified atom stereocenters. The van der Waals surface area contributed by atoms with Gasteiger partial charge in [-0.05, 0) is 32.6 Å². The van der Waals surface area contributed by atoms with Gasteiger partial charge in [-0.2, -0.15) is 0 Å². The minimum atomic E-state index is -0.716. The summed E-state index contributed by atoms with van der Waals surface area (Å²) in [5, 5.41) is 10.0. The molecule has 3 atom stereocenters. The van der Waals surface area contributed by atoms with Crippen LogP contribution in [0.25, 0.3) is 0 Å². The number of β-amino-alcohol motifs (C(OH)–C–C–N with tert-alkyl or cyclic N) is 1. The Morgan fingerprint density at radius 3 is 2.71 bits per heavy atom. The SMILES string of the molecule is CC1(O)CCCN(C(=O)C2CCCCC2N)C1. The molecule has 2 fully saturated rings. The van der Waals surface area contributed by atoms with Crippen molar-refractivity contribution in [2.24, 2.45) is 11.7 Å². The van der Waals surface area contributed by atoms with Crippen molar-refractivity contribution in [3.05, 3.63) is 0 Å². The van der Waals surface area contributed by atoms with Crippen molar-refractivity contribution in [1.82, 2.24) is 4.90 Å². The topological polar surface area (TPSA) is 66.6 Å². The first-order chi connectivity index (χ1) is 7.99. The number of aliphatic hydroxyl groups is 1. The first-order valence-electron chi connectivity index (χ1n) is 6.76. The lowest BCUT2D eigenvalue weighted by atomic mass is 9.83. The zero-order valence-corrected chi connectivity index (χ0v) is 10.7. The van der Waals surface area contributed by atoms with Gasteiger partial charge in [0.15, 0.2) is 0 Å². The van der Waals surface area contributed by atoms with Crippen LogP contribution in [0.4, 0.5) is 0 Å². The van der Waals surface area contributed by atoms with E-state index in [0.29, 0.717) is 6.54 Å². The lowest BCUT2D eigenvalue weighted by Gasteiger charge is -2.40. The van der Waals surface area contributed by atoms with Gasteiger partial charge >= 0.3 is 0 Å². The van der Waals surface area contributed by atoms with E-state index in [1.54, 1.807) is 0 Å². The second-order valence-electron chi connectivity index (χ2n) is 5.92. The summed E-state index contributed by atoms with van der Waals surface area (Å²) in [5.41, 5.74) is 5.33. The molecular formula is C13H24N2O2. The fourth-order valence-corrected chi connectivity index (χ4v) is 3.11. The second kappa shape index (κ2) is 4.94. The van der Waals surface area contributed by atoms with Crippen LogP contribution in [-0.2, 0) is 4.79 Å². The highest BCUT2D eigenvalue weighted by Gasteiger charge is 2.36. The van der Waals surface area contributed by atoms with Crippen LogP contribution in [0.2, 0.25) is 0 Å². The van der Waals surface area contributed by atoms with Crippen LogP contribution in [0.3, 0.4) is 0 Å². The maximum absolute atomic E-state index is 12.4. The quantitative estimate of drug-likeness (QED) is 0.715. The largest absolute Gasteiger partial charge is 0.388 e. The molecule has 1 amide bonds. The minimum absolute atomic E-state index is 0.0161. The van der Waals surface area contributed by atoms with Crippen LogP contribution < -0.4 is 5.73 Å². The molecule has 0 aromatic heterocycles. The molecule has 0 bridgehead atoms.